The van der Waals surface area contributed by atoms with Crippen LogP contribution in [-0.4, -0.2) is 25.0 Å². The first-order chi connectivity index (χ1) is 9.15. The molecule has 1 unspecified atom stereocenters. The summed E-state index contributed by atoms with van der Waals surface area (Å²) in [6, 6.07) is 8.34. The van der Waals surface area contributed by atoms with Crippen LogP contribution < -0.4 is 5.73 Å². The van der Waals surface area contributed by atoms with Gasteiger partial charge in [-0.2, -0.15) is 0 Å². The van der Waals surface area contributed by atoms with E-state index in [4.69, 9.17) is 5.73 Å². The molecule has 2 heteroatoms. The summed E-state index contributed by atoms with van der Waals surface area (Å²) in [5.74, 6) is 1.57. The van der Waals surface area contributed by atoms with E-state index in [2.05, 4.69) is 31.0 Å². The van der Waals surface area contributed by atoms with E-state index in [1.807, 2.05) is 12.1 Å². The van der Waals surface area contributed by atoms with Crippen molar-refractivity contribution in [2.75, 3.05) is 25.9 Å². The van der Waals surface area contributed by atoms with Gasteiger partial charge in [0, 0.05) is 12.2 Å². The number of nitrogens with zero attached hydrogens (tertiary/aromatic N) is 1. The van der Waals surface area contributed by atoms with Crippen LogP contribution in [0, 0.1) is 5.92 Å². The molecule has 0 saturated heterocycles. The SMILES string of the molecule is CC(CCN(C)CC1CCCC1)c1ccc(N)cc1. The minimum Gasteiger partial charge on any atom is -0.399 e. The van der Waals surface area contributed by atoms with Crippen molar-refractivity contribution >= 4 is 5.69 Å². The predicted octanol–water partition coefficient (Wildman–Crippen LogP) is 3.88. The van der Waals surface area contributed by atoms with Crippen LogP contribution >= 0.6 is 0 Å². The highest BCUT2D eigenvalue weighted by atomic mass is 15.1. The van der Waals surface area contributed by atoms with E-state index in [-0.39, 0.29) is 0 Å². The first-order valence-electron chi connectivity index (χ1n) is 7.69. The van der Waals surface area contributed by atoms with Crippen LogP contribution in [0.25, 0.3) is 0 Å². The molecule has 2 nitrogen and oxygen atoms in total. The Bertz CT molecular complexity index is 365. The smallest absolute Gasteiger partial charge is 0.0314 e. The molecule has 1 aliphatic rings. The van der Waals surface area contributed by atoms with Crippen molar-refractivity contribution in [2.24, 2.45) is 5.92 Å². The van der Waals surface area contributed by atoms with Gasteiger partial charge >= 0.3 is 0 Å². The maximum Gasteiger partial charge on any atom is 0.0314 e. The quantitative estimate of drug-likeness (QED) is 0.786. The van der Waals surface area contributed by atoms with Crippen molar-refractivity contribution in [1.29, 1.82) is 0 Å². The summed E-state index contributed by atoms with van der Waals surface area (Å²) in [4.78, 5) is 2.52. The summed E-state index contributed by atoms with van der Waals surface area (Å²) >= 11 is 0. The number of nitrogen functional groups attached to an aromatic ring is 1. The first kappa shape index (κ1) is 14.4. The van der Waals surface area contributed by atoms with Gasteiger partial charge in [-0.3, -0.25) is 0 Å². The number of anilines is 1. The number of hydrogen-bond donors (Lipinski definition) is 1. The van der Waals surface area contributed by atoms with Gasteiger partial charge < -0.3 is 10.6 Å². The van der Waals surface area contributed by atoms with Crippen LogP contribution in [0.2, 0.25) is 0 Å². The fourth-order valence-electron chi connectivity index (χ4n) is 3.13. The van der Waals surface area contributed by atoms with Gasteiger partial charge in [-0.25, -0.2) is 0 Å². The lowest BCUT2D eigenvalue weighted by Crippen LogP contribution is -2.26. The van der Waals surface area contributed by atoms with Crippen molar-refractivity contribution in [1.82, 2.24) is 4.90 Å². The van der Waals surface area contributed by atoms with Crippen molar-refractivity contribution in [2.45, 2.75) is 44.9 Å². The van der Waals surface area contributed by atoms with E-state index >= 15 is 0 Å². The van der Waals surface area contributed by atoms with Gasteiger partial charge in [-0.1, -0.05) is 31.9 Å². The van der Waals surface area contributed by atoms with Crippen molar-refractivity contribution < 1.29 is 0 Å². The minimum atomic E-state index is 0.617. The summed E-state index contributed by atoms with van der Waals surface area (Å²) < 4.78 is 0. The maximum absolute atomic E-state index is 5.73. The molecule has 0 bridgehead atoms. The molecule has 0 heterocycles. The van der Waals surface area contributed by atoms with Gasteiger partial charge in [-0.15, -0.1) is 0 Å². The van der Waals surface area contributed by atoms with Gasteiger partial charge in [0.05, 0.1) is 0 Å². The van der Waals surface area contributed by atoms with Gasteiger partial charge in [0.15, 0.2) is 0 Å². The Hall–Kier alpha value is -1.02. The molecule has 0 amide bonds. The molecule has 1 saturated carbocycles. The highest BCUT2D eigenvalue weighted by Gasteiger charge is 2.17. The molecule has 2 N–H and O–H groups in total. The Morgan fingerprint density at radius 3 is 2.47 bits per heavy atom. The topological polar surface area (TPSA) is 29.3 Å². The summed E-state index contributed by atoms with van der Waals surface area (Å²) in [6.07, 6.45) is 7.00. The molecule has 0 radical (unpaired) electrons. The van der Waals surface area contributed by atoms with Crippen molar-refractivity contribution in [3.8, 4) is 0 Å². The summed E-state index contributed by atoms with van der Waals surface area (Å²) in [6.45, 7) is 4.80. The second kappa shape index (κ2) is 6.95. The van der Waals surface area contributed by atoms with Gasteiger partial charge in [0.2, 0.25) is 0 Å². The Labute approximate surface area is 118 Å². The van der Waals surface area contributed by atoms with Gasteiger partial charge in [0.25, 0.3) is 0 Å². The van der Waals surface area contributed by atoms with Crippen molar-refractivity contribution in [3.63, 3.8) is 0 Å². The molecule has 1 aliphatic carbocycles. The molecule has 1 fully saturated rings. The third kappa shape index (κ3) is 4.54. The number of rotatable bonds is 6. The molecule has 19 heavy (non-hydrogen) atoms. The van der Waals surface area contributed by atoms with E-state index in [9.17, 15) is 0 Å². The third-order valence-electron chi connectivity index (χ3n) is 4.49. The van der Waals surface area contributed by atoms with Crippen LogP contribution in [-0.2, 0) is 0 Å². The van der Waals surface area contributed by atoms with E-state index in [1.54, 1.807) is 0 Å². The molecule has 1 aromatic carbocycles. The Morgan fingerprint density at radius 1 is 1.21 bits per heavy atom. The van der Waals surface area contributed by atoms with Crippen molar-refractivity contribution in [3.05, 3.63) is 29.8 Å². The van der Waals surface area contributed by atoms with Crippen LogP contribution in [0.4, 0.5) is 5.69 Å². The lowest BCUT2D eigenvalue weighted by molar-refractivity contribution is 0.270. The highest BCUT2D eigenvalue weighted by Crippen LogP contribution is 2.26. The first-order valence-corrected chi connectivity index (χ1v) is 7.69. The zero-order chi connectivity index (χ0) is 13.7. The lowest BCUT2D eigenvalue weighted by atomic mass is 9.97. The lowest BCUT2D eigenvalue weighted by Gasteiger charge is -2.22. The second-order valence-electron chi connectivity index (χ2n) is 6.27. The van der Waals surface area contributed by atoms with Gasteiger partial charge in [-0.05, 0) is 62.4 Å². The Balaban J connectivity index is 1.73. The molecular formula is C17H28N2. The van der Waals surface area contributed by atoms with Crippen LogP contribution in [0.5, 0.6) is 0 Å². The fraction of sp³-hybridized carbons (Fsp3) is 0.647. The largest absolute Gasteiger partial charge is 0.399 e. The van der Waals surface area contributed by atoms with E-state index in [0.717, 1.165) is 11.6 Å². The number of hydrogen-bond acceptors (Lipinski definition) is 2. The normalized spacial score (nSPS) is 18.1. The van der Waals surface area contributed by atoms with Crippen LogP contribution in [0.3, 0.4) is 0 Å². The standard InChI is InChI=1S/C17H28N2/c1-14(16-7-9-17(18)10-8-16)11-12-19(2)13-15-5-3-4-6-15/h7-10,14-15H,3-6,11-13,18H2,1-2H3. The number of nitrogens with two attached hydrogens (primary N) is 1. The molecule has 0 aliphatic heterocycles. The molecule has 0 spiro atoms. The predicted molar refractivity (Wildman–Crippen MR) is 83.3 cm³/mol. The average Bonchev–Trinajstić information content (AvgIpc) is 2.89. The molecule has 106 valence electrons. The van der Waals surface area contributed by atoms with Crippen LogP contribution in [0.15, 0.2) is 24.3 Å². The molecule has 0 aromatic heterocycles. The zero-order valence-corrected chi connectivity index (χ0v) is 12.4. The molecule has 2 rings (SSSR count). The zero-order valence-electron chi connectivity index (χ0n) is 12.4. The summed E-state index contributed by atoms with van der Waals surface area (Å²) in [7, 11) is 2.27. The molecule has 1 aromatic rings. The average molecular weight is 260 g/mol. The summed E-state index contributed by atoms with van der Waals surface area (Å²) in [5, 5.41) is 0. The Morgan fingerprint density at radius 2 is 1.84 bits per heavy atom. The highest BCUT2D eigenvalue weighted by molar-refractivity contribution is 5.40. The van der Waals surface area contributed by atoms with E-state index < -0.39 is 0 Å². The Kier molecular flexibility index (Phi) is 5.26. The third-order valence-corrected chi connectivity index (χ3v) is 4.49. The van der Waals surface area contributed by atoms with E-state index in [1.165, 1.54) is 50.8 Å². The fourth-order valence-corrected chi connectivity index (χ4v) is 3.13. The minimum absolute atomic E-state index is 0.617. The maximum atomic E-state index is 5.73. The monoisotopic (exact) mass is 260 g/mol. The van der Waals surface area contributed by atoms with Gasteiger partial charge in [0.1, 0.15) is 0 Å². The number of benzene rings is 1. The van der Waals surface area contributed by atoms with Crippen LogP contribution in [0.1, 0.15) is 50.5 Å². The molecule has 1 atom stereocenters. The summed E-state index contributed by atoms with van der Waals surface area (Å²) in [5.41, 5.74) is 7.99. The molecular weight excluding hydrogens is 232 g/mol. The second-order valence-corrected chi connectivity index (χ2v) is 6.27. The van der Waals surface area contributed by atoms with E-state index in [0.29, 0.717) is 5.92 Å².